The Hall–Kier alpha value is -1.23. The molecule has 0 amide bonds. The van der Waals surface area contributed by atoms with Crippen LogP contribution in [0.25, 0.3) is 0 Å². The molecule has 0 spiro atoms. The molecule has 0 saturated heterocycles. The zero-order valence-electron chi connectivity index (χ0n) is 7.80. The lowest BCUT2D eigenvalue weighted by molar-refractivity contribution is 0.228. The molecule has 5 heteroatoms. The first kappa shape index (κ1) is 10.8. The van der Waals surface area contributed by atoms with E-state index in [1.807, 2.05) is 5.48 Å². The summed E-state index contributed by atoms with van der Waals surface area (Å²) in [6, 6.07) is 0. The average Bonchev–Trinajstić information content (AvgIpc) is 2.12. The van der Waals surface area contributed by atoms with Gasteiger partial charge in [-0.05, 0) is 13.0 Å². The van der Waals surface area contributed by atoms with E-state index >= 15 is 0 Å². The summed E-state index contributed by atoms with van der Waals surface area (Å²) in [6.45, 7) is 2.21. The predicted octanol–water partition coefficient (Wildman–Crippen LogP) is 2.11. The first-order valence-electron chi connectivity index (χ1n) is 4.35. The van der Waals surface area contributed by atoms with Crippen molar-refractivity contribution < 1.29 is 14.0 Å². The van der Waals surface area contributed by atoms with E-state index < -0.39 is 17.6 Å². The molecule has 1 rings (SSSR count). The summed E-state index contributed by atoms with van der Waals surface area (Å²) in [5.41, 5.74) is 1.86. The van der Waals surface area contributed by atoms with Crippen molar-refractivity contribution in [3.8, 4) is 0 Å². The van der Waals surface area contributed by atoms with Crippen molar-refractivity contribution in [2.75, 3.05) is 6.54 Å². The highest BCUT2D eigenvalue weighted by molar-refractivity contribution is 5.85. The maximum atomic E-state index is 12.8. The number of hydrogen-bond acceptors (Lipinski definition) is 2. The van der Waals surface area contributed by atoms with Crippen molar-refractivity contribution in [1.82, 2.24) is 5.48 Å². The molecular weight excluding hydrogens is 190 g/mol. The van der Waals surface area contributed by atoms with Crippen LogP contribution in [0.2, 0.25) is 0 Å². The second-order valence-electron chi connectivity index (χ2n) is 2.92. The van der Waals surface area contributed by atoms with E-state index in [1.54, 1.807) is 6.92 Å². The number of hydroxylamine groups is 1. The van der Waals surface area contributed by atoms with Crippen molar-refractivity contribution in [2.24, 2.45) is 10.9 Å². The number of amidine groups is 1. The van der Waals surface area contributed by atoms with Crippen molar-refractivity contribution >= 4 is 5.84 Å². The molecule has 0 aromatic carbocycles. The normalized spacial score (nSPS) is 22.9. The van der Waals surface area contributed by atoms with Crippen molar-refractivity contribution in [1.29, 1.82) is 0 Å². The van der Waals surface area contributed by atoms with E-state index in [1.165, 1.54) is 6.08 Å². The summed E-state index contributed by atoms with van der Waals surface area (Å²) in [6.07, 6.45) is 2.08. The summed E-state index contributed by atoms with van der Waals surface area (Å²) in [4.78, 5) is 3.89. The largest absolute Gasteiger partial charge is 0.290 e. The van der Waals surface area contributed by atoms with Crippen LogP contribution >= 0.6 is 0 Å². The van der Waals surface area contributed by atoms with E-state index in [2.05, 4.69) is 4.99 Å². The molecule has 1 atom stereocenters. The molecule has 0 aromatic rings. The van der Waals surface area contributed by atoms with Crippen LogP contribution in [0.4, 0.5) is 8.78 Å². The Bertz CT molecular complexity index is 297. The molecule has 2 N–H and O–H groups in total. The van der Waals surface area contributed by atoms with E-state index in [0.29, 0.717) is 6.54 Å². The van der Waals surface area contributed by atoms with Gasteiger partial charge in [0.05, 0.1) is 0 Å². The van der Waals surface area contributed by atoms with Crippen LogP contribution < -0.4 is 5.48 Å². The highest BCUT2D eigenvalue weighted by atomic mass is 19.1. The molecule has 0 heterocycles. The third kappa shape index (κ3) is 2.63. The summed E-state index contributed by atoms with van der Waals surface area (Å²) >= 11 is 0. The maximum absolute atomic E-state index is 12.8. The van der Waals surface area contributed by atoms with Gasteiger partial charge in [0, 0.05) is 25.0 Å². The van der Waals surface area contributed by atoms with Crippen LogP contribution in [0.3, 0.4) is 0 Å². The van der Waals surface area contributed by atoms with Gasteiger partial charge >= 0.3 is 0 Å². The van der Waals surface area contributed by atoms with Crippen LogP contribution in [-0.2, 0) is 0 Å². The molecular formula is C9H12F2N2O. The predicted molar refractivity (Wildman–Crippen MR) is 49.4 cm³/mol. The first-order chi connectivity index (χ1) is 6.67. The van der Waals surface area contributed by atoms with Crippen molar-refractivity contribution in [3.63, 3.8) is 0 Å². The molecule has 14 heavy (non-hydrogen) atoms. The fourth-order valence-electron chi connectivity index (χ4n) is 1.30. The van der Waals surface area contributed by atoms with Gasteiger partial charge in [-0.2, -0.15) is 0 Å². The van der Waals surface area contributed by atoms with Crippen LogP contribution in [0.1, 0.15) is 13.3 Å². The van der Waals surface area contributed by atoms with E-state index in [4.69, 9.17) is 5.21 Å². The number of aliphatic imine (C=N–C) groups is 1. The Kier molecular flexibility index (Phi) is 3.76. The summed E-state index contributed by atoms with van der Waals surface area (Å²) in [7, 11) is 0. The zero-order chi connectivity index (χ0) is 10.6. The number of rotatable bonds is 2. The molecule has 0 radical (unpaired) electrons. The third-order valence-corrected chi connectivity index (χ3v) is 1.86. The van der Waals surface area contributed by atoms with Gasteiger partial charge in [0.2, 0.25) is 0 Å². The lowest BCUT2D eigenvalue weighted by Gasteiger charge is -2.16. The van der Waals surface area contributed by atoms with E-state index in [-0.39, 0.29) is 12.3 Å². The Morgan fingerprint density at radius 2 is 2.43 bits per heavy atom. The van der Waals surface area contributed by atoms with Gasteiger partial charge in [-0.15, -0.1) is 0 Å². The van der Waals surface area contributed by atoms with Gasteiger partial charge < -0.3 is 0 Å². The first-order valence-corrected chi connectivity index (χ1v) is 4.35. The van der Waals surface area contributed by atoms with Crippen LogP contribution in [0.5, 0.6) is 0 Å². The minimum atomic E-state index is -0.641. The highest BCUT2D eigenvalue weighted by Crippen LogP contribution is 2.24. The topological polar surface area (TPSA) is 44.6 Å². The number of nitrogens with zero attached hydrogens (tertiary/aromatic N) is 1. The summed E-state index contributed by atoms with van der Waals surface area (Å²) < 4.78 is 25.6. The van der Waals surface area contributed by atoms with Gasteiger partial charge in [0.1, 0.15) is 17.5 Å². The lowest BCUT2D eigenvalue weighted by atomic mass is 9.98. The highest BCUT2D eigenvalue weighted by Gasteiger charge is 2.20. The molecule has 1 aliphatic carbocycles. The third-order valence-electron chi connectivity index (χ3n) is 1.86. The SMILES string of the molecule is CCN=C(NO)C1C=C(F)C=C(F)C1. The molecule has 0 aliphatic heterocycles. The average molecular weight is 202 g/mol. The number of halogens is 2. The van der Waals surface area contributed by atoms with Crippen molar-refractivity contribution in [2.45, 2.75) is 13.3 Å². The van der Waals surface area contributed by atoms with Crippen molar-refractivity contribution in [3.05, 3.63) is 23.8 Å². The molecule has 0 fully saturated rings. The molecule has 0 aromatic heterocycles. The van der Waals surface area contributed by atoms with Crippen LogP contribution in [0.15, 0.2) is 28.8 Å². The van der Waals surface area contributed by atoms with Crippen LogP contribution in [-0.4, -0.2) is 17.6 Å². The Morgan fingerprint density at radius 3 is 2.93 bits per heavy atom. The van der Waals surface area contributed by atoms with Gasteiger partial charge in [-0.3, -0.25) is 15.7 Å². The Morgan fingerprint density at radius 1 is 1.71 bits per heavy atom. The van der Waals surface area contributed by atoms with E-state index in [0.717, 1.165) is 6.08 Å². The van der Waals surface area contributed by atoms with Gasteiger partial charge in [0.15, 0.2) is 0 Å². The lowest BCUT2D eigenvalue weighted by Crippen LogP contribution is -2.28. The van der Waals surface area contributed by atoms with Gasteiger partial charge in [-0.25, -0.2) is 8.78 Å². The molecule has 0 saturated carbocycles. The Balaban J connectivity index is 2.80. The van der Waals surface area contributed by atoms with Gasteiger partial charge in [-0.1, -0.05) is 0 Å². The monoisotopic (exact) mass is 202 g/mol. The molecule has 0 bridgehead atoms. The second kappa shape index (κ2) is 4.85. The molecule has 1 aliphatic rings. The standard InChI is InChI=1S/C9H12F2N2O/c1-2-12-9(13-14)6-3-7(10)5-8(11)4-6/h3,5-6,14H,2,4H2,1H3,(H,12,13). The number of allylic oxidation sites excluding steroid dienone is 3. The molecule has 3 nitrogen and oxygen atoms in total. The maximum Gasteiger partial charge on any atom is 0.128 e. The Labute approximate surface area is 80.8 Å². The van der Waals surface area contributed by atoms with Crippen LogP contribution in [0, 0.1) is 5.92 Å². The summed E-state index contributed by atoms with van der Waals surface area (Å²) in [5, 5.41) is 8.71. The smallest absolute Gasteiger partial charge is 0.128 e. The number of nitrogens with one attached hydrogen (secondary N) is 1. The summed E-state index contributed by atoms with van der Waals surface area (Å²) in [5.74, 6) is -1.55. The van der Waals surface area contributed by atoms with Gasteiger partial charge in [0.25, 0.3) is 0 Å². The zero-order valence-corrected chi connectivity index (χ0v) is 7.80. The molecule has 1 unspecified atom stereocenters. The fraction of sp³-hybridized carbons (Fsp3) is 0.444. The minimum absolute atomic E-state index is 0.0276. The fourth-order valence-corrected chi connectivity index (χ4v) is 1.30. The minimum Gasteiger partial charge on any atom is -0.290 e. The van der Waals surface area contributed by atoms with E-state index in [9.17, 15) is 8.78 Å². The number of hydrogen-bond donors (Lipinski definition) is 2. The second-order valence-corrected chi connectivity index (χ2v) is 2.92. The quantitative estimate of drug-likeness (QED) is 0.409. The molecule has 78 valence electrons.